The number of rotatable bonds is 5. The molecule has 5 heteroatoms. The maximum Gasteiger partial charge on any atom is 0.103 e. The lowest BCUT2D eigenvalue weighted by atomic mass is 10.4. The summed E-state index contributed by atoms with van der Waals surface area (Å²) >= 11 is 7.79. The summed E-state index contributed by atoms with van der Waals surface area (Å²) in [5.74, 6) is 1.74. The van der Waals surface area contributed by atoms with Crippen molar-refractivity contribution in [3.8, 4) is 0 Å². The largest absolute Gasteiger partial charge is 0.378 e. The van der Waals surface area contributed by atoms with E-state index in [2.05, 4.69) is 23.9 Å². The van der Waals surface area contributed by atoms with Crippen molar-refractivity contribution in [3.63, 3.8) is 0 Å². The van der Waals surface area contributed by atoms with Crippen molar-refractivity contribution in [3.05, 3.63) is 15.6 Å². The van der Waals surface area contributed by atoms with Crippen LogP contribution in [0.2, 0.25) is 0 Å². The topological polar surface area (TPSA) is 22.1 Å². The minimum absolute atomic E-state index is 0.598. The molecular formula is C8H13NOS3. The fourth-order valence-electron chi connectivity index (χ4n) is 0.995. The molecule has 0 N–H and O–H groups in total. The fourth-order valence-corrected chi connectivity index (χ4v) is 3.00. The highest BCUT2D eigenvalue weighted by molar-refractivity contribution is 7.97. The van der Waals surface area contributed by atoms with Crippen molar-refractivity contribution in [2.75, 3.05) is 13.4 Å². The van der Waals surface area contributed by atoms with Crippen LogP contribution in [0.15, 0.2) is 0 Å². The van der Waals surface area contributed by atoms with Crippen LogP contribution in [0.25, 0.3) is 0 Å². The Morgan fingerprint density at radius 1 is 1.62 bits per heavy atom. The number of nitrogens with zero attached hydrogens (tertiary/aromatic N) is 1. The third-order valence-corrected chi connectivity index (χ3v) is 3.89. The van der Waals surface area contributed by atoms with E-state index in [0.29, 0.717) is 6.61 Å². The van der Waals surface area contributed by atoms with Crippen LogP contribution < -0.4 is 0 Å². The first-order valence-corrected chi connectivity index (χ1v) is 6.72. The number of methoxy groups -OCH3 is 1. The highest BCUT2D eigenvalue weighted by Crippen LogP contribution is 2.23. The molecule has 0 bridgehead atoms. The number of thiol groups is 1. The second kappa shape index (κ2) is 5.90. The molecule has 2 nitrogen and oxygen atoms in total. The van der Waals surface area contributed by atoms with Crippen molar-refractivity contribution in [2.24, 2.45) is 0 Å². The van der Waals surface area contributed by atoms with Gasteiger partial charge in [-0.2, -0.15) is 24.4 Å². The number of thioether (sulfide) groups is 1. The normalized spacial score (nSPS) is 10.7. The summed E-state index contributed by atoms with van der Waals surface area (Å²) in [6.45, 7) is 0.598. The van der Waals surface area contributed by atoms with E-state index in [1.165, 1.54) is 9.88 Å². The average molecular weight is 235 g/mol. The van der Waals surface area contributed by atoms with E-state index < -0.39 is 0 Å². The van der Waals surface area contributed by atoms with Crippen molar-refractivity contribution < 1.29 is 4.74 Å². The minimum Gasteiger partial charge on any atom is -0.378 e. The zero-order valence-electron chi connectivity index (χ0n) is 7.74. The Kier molecular flexibility index (Phi) is 5.16. The van der Waals surface area contributed by atoms with E-state index in [9.17, 15) is 0 Å². The molecule has 0 amide bonds. The van der Waals surface area contributed by atoms with Crippen LogP contribution in [-0.4, -0.2) is 18.3 Å². The maximum absolute atomic E-state index is 5.07. The van der Waals surface area contributed by atoms with Gasteiger partial charge in [-0.05, 0) is 6.26 Å². The highest BCUT2D eigenvalue weighted by atomic mass is 32.2. The Hall–Kier alpha value is 0.290. The van der Waals surface area contributed by atoms with Gasteiger partial charge in [0.15, 0.2) is 0 Å². The summed E-state index contributed by atoms with van der Waals surface area (Å²) in [6, 6.07) is 0. The second-order valence-electron chi connectivity index (χ2n) is 2.50. The van der Waals surface area contributed by atoms with Crippen LogP contribution in [0.5, 0.6) is 0 Å². The van der Waals surface area contributed by atoms with Crippen molar-refractivity contribution in [2.45, 2.75) is 18.1 Å². The van der Waals surface area contributed by atoms with E-state index in [-0.39, 0.29) is 0 Å². The molecular weight excluding hydrogens is 222 g/mol. The first kappa shape index (κ1) is 11.4. The molecule has 1 aromatic rings. The second-order valence-corrected chi connectivity index (χ2v) is 4.85. The van der Waals surface area contributed by atoms with E-state index in [1.54, 1.807) is 30.2 Å². The van der Waals surface area contributed by atoms with Gasteiger partial charge in [-0.15, -0.1) is 11.3 Å². The van der Waals surface area contributed by atoms with Gasteiger partial charge in [-0.3, -0.25) is 0 Å². The fraction of sp³-hybridized carbons (Fsp3) is 0.625. The molecule has 1 rings (SSSR count). The average Bonchev–Trinajstić information content (AvgIpc) is 2.49. The number of thiazole rings is 1. The molecule has 74 valence electrons. The molecule has 0 saturated carbocycles. The smallest absolute Gasteiger partial charge is 0.103 e. The first-order chi connectivity index (χ1) is 6.31. The van der Waals surface area contributed by atoms with Crippen molar-refractivity contribution in [1.29, 1.82) is 0 Å². The van der Waals surface area contributed by atoms with Gasteiger partial charge in [0.2, 0.25) is 0 Å². The Bertz CT molecular complexity index is 262. The zero-order chi connectivity index (χ0) is 9.68. The van der Waals surface area contributed by atoms with E-state index in [1.807, 2.05) is 0 Å². The predicted molar refractivity (Wildman–Crippen MR) is 62.7 cm³/mol. The molecule has 0 saturated heterocycles. The minimum atomic E-state index is 0.598. The molecule has 0 unspecified atom stereocenters. The SMILES string of the molecule is COCc1nc(CSC)sc1CS. The molecule has 1 aromatic heterocycles. The maximum atomic E-state index is 5.07. The summed E-state index contributed by atoms with van der Waals surface area (Å²) in [7, 11) is 1.69. The van der Waals surface area contributed by atoms with Crippen LogP contribution in [0.3, 0.4) is 0 Å². The van der Waals surface area contributed by atoms with Crippen LogP contribution >= 0.6 is 35.7 Å². The standard InChI is InChI=1S/C8H13NOS3/c1-10-3-6-7(4-11)13-8(9-6)5-12-2/h11H,3-5H2,1-2H3. The number of aromatic nitrogens is 1. The zero-order valence-corrected chi connectivity index (χ0v) is 10.3. The van der Waals surface area contributed by atoms with Crippen LogP contribution in [0, 0.1) is 0 Å². The van der Waals surface area contributed by atoms with Gasteiger partial charge in [0.25, 0.3) is 0 Å². The number of hydrogen-bond acceptors (Lipinski definition) is 5. The van der Waals surface area contributed by atoms with Gasteiger partial charge in [0.05, 0.1) is 12.3 Å². The first-order valence-electron chi connectivity index (χ1n) is 3.88. The summed E-state index contributed by atoms with van der Waals surface area (Å²) in [6.07, 6.45) is 2.08. The summed E-state index contributed by atoms with van der Waals surface area (Å²) < 4.78 is 5.07. The molecule has 0 spiro atoms. The third kappa shape index (κ3) is 3.16. The van der Waals surface area contributed by atoms with Gasteiger partial charge in [-0.1, -0.05) is 0 Å². The van der Waals surface area contributed by atoms with Gasteiger partial charge in [0.1, 0.15) is 5.01 Å². The molecule has 1 heterocycles. The lowest BCUT2D eigenvalue weighted by Gasteiger charge is -1.95. The predicted octanol–water partition coefficient (Wildman–Crippen LogP) is 2.58. The number of ether oxygens (including phenoxy) is 1. The number of hydrogen-bond donors (Lipinski definition) is 1. The van der Waals surface area contributed by atoms with Gasteiger partial charge < -0.3 is 4.74 Å². The van der Waals surface area contributed by atoms with Gasteiger partial charge >= 0.3 is 0 Å². The van der Waals surface area contributed by atoms with E-state index in [0.717, 1.165) is 17.2 Å². The van der Waals surface area contributed by atoms with Crippen molar-refractivity contribution >= 4 is 35.7 Å². The molecule has 0 aliphatic rings. The molecule has 0 fully saturated rings. The Morgan fingerprint density at radius 2 is 2.38 bits per heavy atom. The van der Waals surface area contributed by atoms with Crippen LogP contribution in [-0.2, 0) is 22.8 Å². The molecule has 0 aliphatic heterocycles. The van der Waals surface area contributed by atoms with Crippen LogP contribution in [0.1, 0.15) is 15.6 Å². The third-order valence-electron chi connectivity index (χ3n) is 1.52. The Labute approximate surface area is 92.5 Å². The lowest BCUT2D eigenvalue weighted by molar-refractivity contribution is 0.181. The monoisotopic (exact) mass is 235 g/mol. The van der Waals surface area contributed by atoms with Gasteiger partial charge in [0, 0.05) is 23.5 Å². The lowest BCUT2D eigenvalue weighted by Crippen LogP contribution is -1.91. The summed E-state index contributed by atoms with van der Waals surface area (Å²) in [5.41, 5.74) is 1.05. The molecule has 0 aliphatic carbocycles. The highest BCUT2D eigenvalue weighted by Gasteiger charge is 2.08. The van der Waals surface area contributed by atoms with E-state index >= 15 is 0 Å². The summed E-state index contributed by atoms with van der Waals surface area (Å²) in [4.78, 5) is 5.72. The Morgan fingerprint density at radius 3 is 2.92 bits per heavy atom. The quantitative estimate of drug-likeness (QED) is 0.793. The molecule has 0 radical (unpaired) electrons. The summed E-state index contributed by atoms with van der Waals surface area (Å²) in [5, 5.41) is 1.17. The molecule has 13 heavy (non-hydrogen) atoms. The Balaban J connectivity index is 2.77. The molecule has 0 atom stereocenters. The van der Waals surface area contributed by atoms with E-state index in [4.69, 9.17) is 4.74 Å². The van der Waals surface area contributed by atoms with Crippen molar-refractivity contribution in [1.82, 2.24) is 4.98 Å². The van der Waals surface area contributed by atoms with Crippen LogP contribution in [0.4, 0.5) is 0 Å². The van der Waals surface area contributed by atoms with Gasteiger partial charge in [-0.25, -0.2) is 4.98 Å². The molecule has 0 aromatic carbocycles.